The van der Waals surface area contributed by atoms with Gasteiger partial charge in [0.1, 0.15) is 0 Å². The molecule has 0 amide bonds. The Kier molecular flexibility index (Phi) is 4.29. The molecule has 1 unspecified atom stereocenters. The molecule has 0 aliphatic rings. The van der Waals surface area contributed by atoms with Crippen molar-refractivity contribution in [2.45, 2.75) is 39.8 Å². The van der Waals surface area contributed by atoms with Gasteiger partial charge in [-0.2, -0.15) is 5.10 Å². The van der Waals surface area contributed by atoms with Crippen molar-refractivity contribution >= 4 is 0 Å². The van der Waals surface area contributed by atoms with Crippen LogP contribution < -0.4 is 11.3 Å². The van der Waals surface area contributed by atoms with E-state index in [1.165, 1.54) is 11.3 Å². The summed E-state index contributed by atoms with van der Waals surface area (Å²) in [6, 6.07) is 4.20. The van der Waals surface area contributed by atoms with Gasteiger partial charge in [0.2, 0.25) is 0 Å². The van der Waals surface area contributed by atoms with Gasteiger partial charge in [0, 0.05) is 31.1 Å². The first kappa shape index (κ1) is 13.7. The van der Waals surface area contributed by atoms with E-state index in [1.54, 1.807) is 6.20 Å². The van der Waals surface area contributed by atoms with Crippen LogP contribution in [0.5, 0.6) is 0 Å². The maximum atomic E-state index is 5.72. The van der Waals surface area contributed by atoms with Crippen LogP contribution in [0.4, 0.5) is 0 Å². The lowest BCUT2D eigenvalue weighted by molar-refractivity contribution is 0.514. The van der Waals surface area contributed by atoms with E-state index >= 15 is 0 Å². The highest BCUT2D eigenvalue weighted by molar-refractivity contribution is 5.27. The first-order valence-corrected chi connectivity index (χ1v) is 6.55. The fourth-order valence-corrected chi connectivity index (χ4v) is 2.38. The summed E-state index contributed by atoms with van der Waals surface area (Å²) in [4.78, 5) is 4.12. The second kappa shape index (κ2) is 5.95. The molecule has 0 aromatic carbocycles. The molecule has 0 bridgehead atoms. The maximum Gasteiger partial charge on any atom is 0.0596 e. The van der Waals surface area contributed by atoms with Gasteiger partial charge in [-0.05, 0) is 44.0 Å². The molecule has 0 radical (unpaired) electrons. The summed E-state index contributed by atoms with van der Waals surface area (Å²) in [6.07, 6.45) is 4.48. The summed E-state index contributed by atoms with van der Waals surface area (Å²) in [6.45, 7) is 7.03. The molecule has 2 aromatic rings. The van der Waals surface area contributed by atoms with Crippen LogP contribution in [0, 0.1) is 13.8 Å². The third-order valence-corrected chi connectivity index (χ3v) is 3.34. The number of aromatic nitrogens is 3. The third-order valence-electron chi connectivity index (χ3n) is 3.34. The largest absolute Gasteiger partial charge is 0.271 e. The van der Waals surface area contributed by atoms with Crippen LogP contribution in [0.15, 0.2) is 24.5 Å². The summed E-state index contributed by atoms with van der Waals surface area (Å²) in [5.74, 6) is 5.72. The molecule has 5 heteroatoms. The number of hydrogen-bond acceptors (Lipinski definition) is 4. The Morgan fingerprint density at radius 1 is 1.42 bits per heavy atom. The zero-order chi connectivity index (χ0) is 13.8. The Labute approximate surface area is 113 Å². The van der Waals surface area contributed by atoms with Gasteiger partial charge in [0.05, 0.1) is 11.7 Å². The summed E-state index contributed by atoms with van der Waals surface area (Å²) in [7, 11) is 0. The fraction of sp³-hybridized carbons (Fsp3) is 0.429. The normalized spacial score (nSPS) is 12.6. The first-order valence-electron chi connectivity index (χ1n) is 6.55. The summed E-state index contributed by atoms with van der Waals surface area (Å²) >= 11 is 0. The van der Waals surface area contributed by atoms with Crippen molar-refractivity contribution in [3.05, 3.63) is 47.0 Å². The van der Waals surface area contributed by atoms with Crippen LogP contribution in [-0.2, 0) is 13.0 Å². The zero-order valence-corrected chi connectivity index (χ0v) is 11.7. The van der Waals surface area contributed by atoms with E-state index in [-0.39, 0.29) is 6.04 Å². The molecule has 2 rings (SSSR count). The number of nitrogens with zero attached hydrogens (tertiary/aromatic N) is 3. The standard InChI is InChI=1S/C14H21N5/c1-4-19-12(7-11(3)18-19)8-14(17-15)13-5-6-16-9-10(13)2/h5-7,9,14,17H,4,8,15H2,1-3H3. The van der Waals surface area contributed by atoms with E-state index in [2.05, 4.69) is 35.4 Å². The van der Waals surface area contributed by atoms with Crippen LogP contribution in [0.25, 0.3) is 0 Å². The highest BCUT2D eigenvalue weighted by Crippen LogP contribution is 2.20. The quantitative estimate of drug-likeness (QED) is 0.633. The van der Waals surface area contributed by atoms with E-state index in [0.717, 1.165) is 24.2 Å². The lowest BCUT2D eigenvalue weighted by atomic mass is 9.99. The topological polar surface area (TPSA) is 68.8 Å². The number of nitrogens with one attached hydrogen (secondary N) is 1. The summed E-state index contributed by atoms with van der Waals surface area (Å²) in [5, 5.41) is 4.47. The Hall–Kier alpha value is -1.72. The van der Waals surface area contributed by atoms with Crippen molar-refractivity contribution in [1.82, 2.24) is 20.2 Å². The number of rotatable bonds is 5. The molecule has 1 atom stereocenters. The predicted octanol–water partition coefficient (Wildman–Crippen LogP) is 1.66. The first-order chi connectivity index (χ1) is 9.15. The molecule has 0 spiro atoms. The molecular weight excluding hydrogens is 238 g/mol. The van der Waals surface area contributed by atoms with E-state index in [4.69, 9.17) is 5.84 Å². The van der Waals surface area contributed by atoms with Crippen molar-refractivity contribution in [2.24, 2.45) is 5.84 Å². The predicted molar refractivity (Wildman–Crippen MR) is 75.4 cm³/mol. The van der Waals surface area contributed by atoms with Crippen molar-refractivity contribution in [2.75, 3.05) is 0 Å². The molecule has 0 aliphatic heterocycles. The Morgan fingerprint density at radius 3 is 2.84 bits per heavy atom. The SMILES string of the molecule is CCn1nc(C)cc1CC(NN)c1ccncc1C. The minimum absolute atomic E-state index is 0.0735. The van der Waals surface area contributed by atoms with Crippen LogP contribution in [0.3, 0.4) is 0 Å². The number of nitrogens with two attached hydrogens (primary N) is 1. The van der Waals surface area contributed by atoms with Gasteiger partial charge in [-0.3, -0.25) is 20.9 Å². The van der Waals surface area contributed by atoms with Crippen molar-refractivity contribution in [3.8, 4) is 0 Å². The zero-order valence-electron chi connectivity index (χ0n) is 11.7. The smallest absolute Gasteiger partial charge is 0.0596 e. The number of aryl methyl sites for hydroxylation is 3. The van der Waals surface area contributed by atoms with Gasteiger partial charge in [0.25, 0.3) is 0 Å². The molecule has 2 heterocycles. The van der Waals surface area contributed by atoms with Gasteiger partial charge in [0.15, 0.2) is 0 Å². The average molecular weight is 259 g/mol. The second-order valence-corrected chi connectivity index (χ2v) is 4.75. The third kappa shape index (κ3) is 3.00. The van der Waals surface area contributed by atoms with Crippen molar-refractivity contribution in [1.29, 1.82) is 0 Å². The number of hydrogen-bond donors (Lipinski definition) is 2. The fourth-order valence-electron chi connectivity index (χ4n) is 2.38. The molecule has 102 valence electrons. The van der Waals surface area contributed by atoms with Gasteiger partial charge in [-0.25, -0.2) is 0 Å². The monoisotopic (exact) mass is 259 g/mol. The molecule has 3 N–H and O–H groups in total. The van der Waals surface area contributed by atoms with Crippen LogP contribution >= 0.6 is 0 Å². The van der Waals surface area contributed by atoms with E-state index in [9.17, 15) is 0 Å². The Bertz CT molecular complexity index is 547. The van der Waals surface area contributed by atoms with Gasteiger partial charge >= 0.3 is 0 Å². The minimum atomic E-state index is 0.0735. The van der Waals surface area contributed by atoms with Crippen molar-refractivity contribution in [3.63, 3.8) is 0 Å². The Morgan fingerprint density at radius 2 is 2.21 bits per heavy atom. The molecule has 5 nitrogen and oxygen atoms in total. The van der Waals surface area contributed by atoms with Gasteiger partial charge in [-0.1, -0.05) is 0 Å². The average Bonchev–Trinajstić information content (AvgIpc) is 2.77. The molecule has 2 aromatic heterocycles. The highest BCUT2D eigenvalue weighted by Gasteiger charge is 2.15. The van der Waals surface area contributed by atoms with E-state index < -0.39 is 0 Å². The molecule has 19 heavy (non-hydrogen) atoms. The molecule has 0 fully saturated rings. The van der Waals surface area contributed by atoms with E-state index in [1.807, 2.05) is 23.9 Å². The van der Waals surface area contributed by atoms with E-state index in [0.29, 0.717) is 0 Å². The lowest BCUT2D eigenvalue weighted by Gasteiger charge is -2.18. The van der Waals surface area contributed by atoms with Crippen molar-refractivity contribution < 1.29 is 0 Å². The highest BCUT2D eigenvalue weighted by atomic mass is 15.3. The van der Waals surface area contributed by atoms with Crippen LogP contribution in [0.2, 0.25) is 0 Å². The summed E-state index contributed by atoms with van der Waals surface area (Å²) in [5.41, 5.74) is 7.46. The van der Waals surface area contributed by atoms with Crippen LogP contribution in [-0.4, -0.2) is 14.8 Å². The summed E-state index contributed by atoms with van der Waals surface area (Å²) < 4.78 is 2.02. The molecule has 0 saturated heterocycles. The lowest BCUT2D eigenvalue weighted by Crippen LogP contribution is -2.30. The Balaban J connectivity index is 2.26. The molecule has 0 aliphatic carbocycles. The number of pyridine rings is 1. The molecular formula is C14H21N5. The number of hydrazine groups is 1. The maximum absolute atomic E-state index is 5.72. The molecule has 0 saturated carbocycles. The minimum Gasteiger partial charge on any atom is -0.271 e. The van der Waals surface area contributed by atoms with Crippen LogP contribution in [0.1, 0.15) is 35.5 Å². The van der Waals surface area contributed by atoms with Gasteiger partial charge in [-0.15, -0.1) is 0 Å². The van der Waals surface area contributed by atoms with Gasteiger partial charge < -0.3 is 0 Å². The second-order valence-electron chi connectivity index (χ2n) is 4.75.